The SMILES string of the molecule is NC(=O)C(c1ccccc1)(c1ccc(Cl)c([N+](=O)[O-])c1)N(CCc1c[nH]c2cc(F)ccc12)C(=O)CCN=C(N)N. The number of aromatic amines is 1. The number of H-pyrrole nitrogens is 1. The third kappa shape index (κ3) is 5.82. The minimum Gasteiger partial charge on any atom is -0.370 e. The lowest BCUT2D eigenvalue weighted by Gasteiger charge is -2.42. The van der Waals surface area contributed by atoms with E-state index in [1.165, 1.54) is 29.2 Å². The van der Waals surface area contributed by atoms with Crippen molar-refractivity contribution >= 4 is 46.0 Å². The fourth-order valence-electron chi connectivity index (χ4n) is 4.95. The zero-order chi connectivity index (χ0) is 29.7. The highest BCUT2D eigenvalue weighted by Gasteiger charge is 2.49. The Morgan fingerprint density at radius 3 is 2.44 bits per heavy atom. The van der Waals surface area contributed by atoms with Gasteiger partial charge in [-0.3, -0.25) is 24.7 Å². The molecule has 0 aliphatic heterocycles. The number of nitrogens with one attached hydrogen (secondary N) is 1. The second kappa shape index (κ2) is 12.0. The Morgan fingerprint density at radius 1 is 1.05 bits per heavy atom. The fraction of sp³-hybridized carbons (Fsp3) is 0.179. The van der Waals surface area contributed by atoms with E-state index in [1.54, 1.807) is 42.6 Å². The number of nitrogens with two attached hydrogens (primary N) is 3. The maximum absolute atomic E-state index is 13.9. The Morgan fingerprint density at radius 2 is 1.78 bits per heavy atom. The summed E-state index contributed by atoms with van der Waals surface area (Å²) in [7, 11) is 0. The summed E-state index contributed by atoms with van der Waals surface area (Å²) in [6.45, 7) is -0.131. The summed E-state index contributed by atoms with van der Waals surface area (Å²) in [5.74, 6) is -2.12. The first-order valence-electron chi connectivity index (χ1n) is 12.5. The Bertz CT molecular complexity index is 1640. The van der Waals surface area contributed by atoms with Gasteiger partial charge in [-0.05, 0) is 47.4 Å². The molecule has 0 fully saturated rings. The Hall–Kier alpha value is -4.97. The van der Waals surface area contributed by atoms with Gasteiger partial charge in [0.2, 0.25) is 5.91 Å². The summed E-state index contributed by atoms with van der Waals surface area (Å²) in [5.41, 5.74) is 16.2. The van der Waals surface area contributed by atoms with Crippen LogP contribution in [-0.4, -0.2) is 45.7 Å². The van der Waals surface area contributed by atoms with Crippen molar-refractivity contribution in [3.8, 4) is 0 Å². The minimum atomic E-state index is -1.98. The third-order valence-corrected chi connectivity index (χ3v) is 7.09. The number of aliphatic imine (C=N–C) groups is 1. The molecule has 0 radical (unpaired) electrons. The molecule has 0 saturated heterocycles. The van der Waals surface area contributed by atoms with Crippen molar-refractivity contribution < 1.29 is 18.9 Å². The van der Waals surface area contributed by atoms with Crippen LogP contribution in [0.2, 0.25) is 5.02 Å². The molecule has 3 aromatic carbocycles. The molecule has 4 rings (SSSR count). The van der Waals surface area contributed by atoms with Crippen LogP contribution in [-0.2, 0) is 21.5 Å². The van der Waals surface area contributed by atoms with Crippen LogP contribution in [0.15, 0.2) is 77.9 Å². The van der Waals surface area contributed by atoms with Crippen molar-refractivity contribution in [2.45, 2.75) is 18.4 Å². The van der Waals surface area contributed by atoms with Crippen molar-refractivity contribution in [1.29, 1.82) is 0 Å². The van der Waals surface area contributed by atoms with Gasteiger partial charge in [-0.1, -0.05) is 48.0 Å². The van der Waals surface area contributed by atoms with Crippen LogP contribution in [0.1, 0.15) is 23.1 Å². The number of rotatable bonds is 11. The van der Waals surface area contributed by atoms with Crippen molar-refractivity contribution in [3.05, 3.63) is 111 Å². The number of aromatic nitrogens is 1. The number of guanidine groups is 1. The zero-order valence-corrected chi connectivity index (χ0v) is 22.5. The smallest absolute Gasteiger partial charge is 0.288 e. The molecule has 1 unspecified atom stereocenters. The van der Waals surface area contributed by atoms with Crippen LogP contribution in [0.3, 0.4) is 0 Å². The molecular formula is C28H27ClFN7O4. The lowest BCUT2D eigenvalue weighted by Crippen LogP contribution is -2.58. The van der Waals surface area contributed by atoms with Crippen LogP contribution in [0.5, 0.6) is 0 Å². The van der Waals surface area contributed by atoms with Gasteiger partial charge in [0.15, 0.2) is 11.5 Å². The number of nitro benzene ring substituents is 1. The molecule has 0 spiro atoms. The Labute approximate surface area is 238 Å². The molecule has 0 aliphatic rings. The van der Waals surface area contributed by atoms with Crippen molar-refractivity contribution in [2.75, 3.05) is 13.1 Å². The Kier molecular flexibility index (Phi) is 8.53. The summed E-state index contributed by atoms with van der Waals surface area (Å²) in [6, 6.07) is 16.4. The van der Waals surface area contributed by atoms with Gasteiger partial charge in [0.25, 0.3) is 11.6 Å². The molecule has 13 heteroatoms. The molecule has 1 heterocycles. The molecule has 4 aromatic rings. The van der Waals surface area contributed by atoms with E-state index in [4.69, 9.17) is 28.8 Å². The van der Waals surface area contributed by atoms with Gasteiger partial charge in [0.1, 0.15) is 10.8 Å². The van der Waals surface area contributed by atoms with E-state index >= 15 is 0 Å². The highest BCUT2D eigenvalue weighted by molar-refractivity contribution is 6.32. The molecule has 0 aliphatic carbocycles. The highest BCUT2D eigenvalue weighted by Crippen LogP contribution is 2.40. The first kappa shape index (κ1) is 29.0. The minimum absolute atomic E-state index is 0.0563. The highest BCUT2D eigenvalue weighted by atomic mass is 35.5. The monoisotopic (exact) mass is 579 g/mol. The average Bonchev–Trinajstić information content (AvgIpc) is 3.33. The fourth-order valence-corrected chi connectivity index (χ4v) is 5.13. The topological polar surface area (TPSA) is 187 Å². The third-order valence-electron chi connectivity index (χ3n) is 6.77. The number of amides is 2. The number of halogens is 2. The molecule has 7 N–H and O–H groups in total. The van der Waals surface area contributed by atoms with Crippen molar-refractivity contribution in [3.63, 3.8) is 0 Å². The van der Waals surface area contributed by atoms with E-state index in [9.17, 15) is 24.1 Å². The van der Waals surface area contributed by atoms with Gasteiger partial charge < -0.3 is 27.1 Å². The number of carbonyl (C=O) groups excluding carboxylic acids is 2. The summed E-state index contributed by atoms with van der Waals surface area (Å²) in [6.07, 6.45) is 1.71. The van der Waals surface area contributed by atoms with Crippen LogP contribution in [0.25, 0.3) is 10.9 Å². The number of hydrogen-bond acceptors (Lipinski definition) is 5. The number of fused-ring (bicyclic) bond motifs is 1. The molecule has 11 nitrogen and oxygen atoms in total. The zero-order valence-electron chi connectivity index (χ0n) is 21.7. The number of nitrogens with zero attached hydrogens (tertiary/aromatic N) is 3. The Balaban J connectivity index is 1.91. The van der Waals surface area contributed by atoms with Gasteiger partial charge in [0, 0.05) is 36.1 Å². The quantitative estimate of drug-likeness (QED) is 0.0912. The number of nitro groups is 1. The standard InChI is InChI=1S/C28H27ClFN7O4/c29-22-9-6-19(14-24(22)37(40)41)28(26(31)39,18-4-2-1-3-5-18)36(25(38)10-12-34-27(32)33)13-11-17-16-35-23-15-20(30)7-8-21(17)23/h1-9,14-16,35H,10-13H2,(H2,31,39)(H4,32,33,34). The molecule has 2 amide bonds. The van der Waals surface area contributed by atoms with E-state index < -0.39 is 33.8 Å². The number of benzene rings is 3. The van der Waals surface area contributed by atoms with E-state index in [-0.39, 0.29) is 42.5 Å². The average molecular weight is 580 g/mol. The predicted octanol–water partition coefficient (Wildman–Crippen LogP) is 3.33. The molecule has 41 heavy (non-hydrogen) atoms. The number of hydrogen-bond donors (Lipinski definition) is 4. The lowest BCUT2D eigenvalue weighted by atomic mass is 9.79. The summed E-state index contributed by atoms with van der Waals surface area (Å²) in [5, 5.41) is 12.4. The van der Waals surface area contributed by atoms with Gasteiger partial charge >= 0.3 is 0 Å². The molecule has 1 atom stereocenters. The normalized spacial score (nSPS) is 12.4. The molecule has 1 aromatic heterocycles. The van der Waals surface area contributed by atoms with Crippen molar-refractivity contribution in [1.82, 2.24) is 9.88 Å². The van der Waals surface area contributed by atoms with Crippen LogP contribution in [0, 0.1) is 15.9 Å². The molecule has 212 valence electrons. The van der Waals surface area contributed by atoms with E-state index in [0.29, 0.717) is 11.1 Å². The lowest BCUT2D eigenvalue weighted by molar-refractivity contribution is -0.384. The molecule has 0 bridgehead atoms. The summed E-state index contributed by atoms with van der Waals surface area (Å²) < 4.78 is 13.8. The maximum atomic E-state index is 13.9. The predicted molar refractivity (Wildman–Crippen MR) is 153 cm³/mol. The maximum Gasteiger partial charge on any atom is 0.288 e. The largest absolute Gasteiger partial charge is 0.370 e. The summed E-state index contributed by atoms with van der Waals surface area (Å²) in [4.78, 5) is 46.9. The number of primary amides is 1. The van der Waals surface area contributed by atoms with Crippen LogP contribution in [0.4, 0.5) is 10.1 Å². The van der Waals surface area contributed by atoms with Gasteiger partial charge in [-0.25, -0.2) is 4.39 Å². The molecule has 0 saturated carbocycles. The molecular weight excluding hydrogens is 553 g/mol. The van der Waals surface area contributed by atoms with E-state index in [0.717, 1.165) is 17.0 Å². The van der Waals surface area contributed by atoms with Crippen LogP contribution < -0.4 is 17.2 Å². The van der Waals surface area contributed by atoms with Crippen LogP contribution >= 0.6 is 11.6 Å². The van der Waals surface area contributed by atoms with Gasteiger partial charge in [-0.2, -0.15) is 0 Å². The second-order valence-electron chi connectivity index (χ2n) is 9.22. The first-order valence-corrected chi connectivity index (χ1v) is 12.8. The van der Waals surface area contributed by atoms with Gasteiger partial charge in [0.05, 0.1) is 11.5 Å². The van der Waals surface area contributed by atoms with Crippen molar-refractivity contribution in [2.24, 2.45) is 22.2 Å². The van der Waals surface area contributed by atoms with E-state index in [2.05, 4.69) is 9.98 Å². The number of carbonyl (C=O) groups is 2. The van der Waals surface area contributed by atoms with Gasteiger partial charge in [-0.15, -0.1) is 0 Å². The summed E-state index contributed by atoms with van der Waals surface area (Å²) >= 11 is 6.10. The second-order valence-corrected chi connectivity index (χ2v) is 9.63. The van der Waals surface area contributed by atoms with E-state index in [1.807, 2.05) is 0 Å². The first-order chi connectivity index (χ1) is 19.5.